The van der Waals surface area contributed by atoms with Crippen molar-refractivity contribution >= 4 is 44.4 Å². The molecule has 1 aromatic carbocycles. The molecule has 0 N–H and O–H groups in total. The smallest absolute Gasteiger partial charge is 0.253 e. The number of rotatable bonds is 1. The molecule has 0 amide bonds. The molecule has 0 aliphatic rings. The van der Waals surface area contributed by atoms with Gasteiger partial charge in [-0.05, 0) is 52.2 Å². The van der Waals surface area contributed by atoms with E-state index in [-0.39, 0.29) is 0 Å². The van der Waals surface area contributed by atoms with Crippen molar-refractivity contribution in [1.82, 2.24) is 0 Å². The van der Waals surface area contributed by atoms with Crippen molar-refractivity contribution in [1.29, 1.82) is 0 Å². The molecule has 0 bridgehead atoms. The summed E-state index contributed by atoms with van der Waals surface area (Å²) in [7, 11) is 0. The zero-order valence-electron chi connectivity index (χ0n) is 6.20. The second-order valence-electron chi connectivity index (χ2n) is 2.35. The molecule has 0 unspecified atom stereocenters. The first-order chi connectivity index (χ1) is 5.52. The van der Waals surface area contributed by atoms with Crippen LogP contribution in [0.2, 0.25) is 5.02 Å². The van der Waals surface area contributed by atoms with Crippen molar-refractivity contribution in [2.45, 2.75) is 6.92 Å². The van der Waals surface area contributed by atoms with Crippen molar-refractivity contribution in [3.05, 3.63) is 32.8 Å². The predicted octanol–water partition coefficient (Wildman–Crippen LogP) is 3.79. The van der Waals surface area contributed by atoms with E-state index in [9.17, 15) is 4.79 Å². The van der Waals surface area contributed by atoms with Crippen molar-refractivity contribution < 1.29 is 4.79 Å². The zero-order chi connectivity index (χ0) is 9.30. The SMILES string of the molecule is Cc1cc(Cl)cc(Br)c1C(=O)Cl. The molecule has 12 heavy (non-hydrogen) atoms. The number of carbonyl (C=O) groups excluding carboxylic acids is 1. The number of benzene rings is 1. The number of carbonyl (C=O) groups is 1. The molecule has 64 valence electrons. The van der Waals surface area contributed by atoms with Gasteiger partial charge in [0.2, 0.25) is 0 Å². The zero-order valence-corrected chi connectivity index (χ0v) is 9.29. The lowest BCUT2D eigenvalue weighted by Gasteiger charge is -2.03. The summed E-state index contributed by atoms with van der Waals surface area (Å²) in [4.78, 5) is 10.9. The predicted molar refractivity (Wildman–Crippen MR) is 54.1 cm³/mol. The van der Waals surface area contributed by atoms with Gasteiger partial charge in [0.15, 0.2) is 0 Å². The van der Waals surface area contributed by atoms with Crippen molar-refractivity contribution in [2.24, 2.45) is 0 Å². The van der Waals surface area contributed by atoms with E-state index in [0.29, 0.717) is 15.1 Å². The van der Waals surface area contributed by atoms with Crippen LogP contribution < -0.4 is 0 Å². The molecular weight excluding hydrogens is 263 g/mol. The van der Waals surface area contributed by atoms with E-state index in [2.05, 4.69) is 15.9 Å². The fourth-order valence-electron chi connectivity index (χ4n) is 0.951. The van der Waals surface area contributed by atoms with Gasteiger partial charge in [0.1, 0.15) is 0 Å². The Hall–Kier alpha value is -0.0500. The Morgan fingerprint density at radius 3 is 2.50 bits per heavy atom. The molecule has 0 radical (unpaired) electrons. The number of halogens is 3. The lowest BCUT2D eigenvalue weighted by atomic mass is 10.1. The summed E-state index contributed by atoms with van der Waals surface area (Å²) in [6, 6.07) is 3.34. The van der Waals surface area contributed by atoms with Gasteiger partial charge in [-0.3, -0.25) is 4.79 Å². The van der Waals surface area contributed by atoms with E-state index in [0.717, 1.165) is 5.56 Å². The lowest BCUT2D eigenvalue weighted by Crippen LogP contribution is -1.94. The Morgan fingerprint density at radius 1 is 1.50 bits per heavy atom. The summed E-state index contributed by atoms with van der Waals surface area (Å²) in [5.74, 6) is 0. The van der Waals surface area contributed by atoms with E-state index in [1.807, 2.05) is 0 Å². The first-order valence-electron chi connectivity index (χ1n) is 3.18. The van der Waals surface area contributed by atoms with Gasteiger partial charge in [-0.2, -0.15) is 0 Å². The van der Waals surface area contributed by atoms with Crippen LogP contribution in [0.1, 0.15) is 15.9 Å². The summed E-state index contributed by atoms with van der Waals surface area (Å²) >= 11 is 14.3. The van der Waals surface area contributed by atoms with Crippen LogP contribution in [0.5, 0.6) is 0 Å². The van der Waals surface area contributed by atoms with Gasteiger partial charge in [-0.15, -0.1) is 0 Å². The highest BCUT2D eigenvalue weighted by atomic mass is 79.9. The minimum Gasteiger partial charge on any atom is -0.276 e. The minimum absolute atomic E-state index is 0.473. The first kappa shape index (κ1) is 10.0. The minimum atomic E-state index is -0.476. The summed E-state index contributed by atoms with van der Waals surface area (Å²) < 4.78 is 0.632. The molecule has 0 saturated heterocycles. The summed E-state index contributed by atoms with van der Waals surface area (Å²) in [6.07, 6.45) is 0. The van der Waals surface area contributed by atoms with Gasteiger partial charge in [0, 0.05) is 9.50 Å². The van der Waals surface area contributed by atoms with Gasteiger partial charge < -0.3 is 0 Å². The fourth-order valence-corrected chi connectivity index (χ4v) is 2.46. The third kappa shape index (κ3) is 2.00. The maximum atomic E-state index is 10.9. The number of aryl methyl sites for hydroxylation is 1. The molecule has 1 rings (SSSR count). The molecule has 0 spiro atoms. The van der Waals surface area contributed by atoms with Crippen molar-refractivity contribution in [3.63, 3.8) is 0 Å². The van der Waals surface area contributed by atoms with E-state index >= 15 is 0 Å². The van der Waals surface area contributed by atoms with E-state index in [1.165, 1.54) is 0 Å². The van der Waals surface area contributed by atoms with Crippen LogP contribution in [0.3, 0.4) is 0 Å². The average molecular weight is 268 g/mol. The quantitative estimate of drug-likeness (QED) is 0.708. The van der Waals surface area contributed by atoms with Gasteiger partial charge in [0.05, 0.1) is 5.56 Å². The summed E-state index contributed by atoms with van der Waals surface area (Å²) in [6.45, 7) is 1.78. The monoisotopic (exact) mass is 266 g/mol. The first-order valence-corrected chi connectivity index (χ1v) is 4.72. The highest BCUT2D eigenvalue weighted by Crippen LogP contribution is 2.26. The van der Waals surface area contributed by atoms with Crippen LogP contribution in [0, 0.1) is 6.92 Å². The number of hydrogen-bond acceptors (Lipinski definition) is 1. The second kappa shape index (κ2) is 3.77. The van der Waals surface area contributed by atoms with Crippen LogP contribution in [-0.2, 0) is 0 Å². The third-order valence-electron chi connectivity index (χ3n) is 1.45. The van der Waals surface area contributed by atoms with Crippen molar-refractivity contribution in [2.75, 3.05) is 0 Å². The normalized spacial score (nSPS) is 10.0. The largest absolute Gasteiger partial charge is 0.276 e. The second-order valence-corrected chi connectivity index (χ2v) is 3.99. The molecule has 0 atom stereocenters. The molecule has 0 aromatic heterocycles. The van der Waals surface area contributed by atoms with E-state index in [1.54, 1.807) is 19.1 Å². The molecule has 0 saturated carbocycles. The van der Waals surface area contributed by atoms with Gasteiger partial charge in [-0.1, -0.05) is 11.6 Å². The van der Waals surface area contributed by atoms with E-state index < -0.39 is 5.24 Å². The maximum Gasteiger partial charge on any atom is 0.253 e. The van der Waals surface area contributed by atoms with Gasteiger partial charge in [0.25, 0.3) is 5.24 Å². The molecule has 0 fully saturated rings. The fraction of sp³-hybridized carbons (Fsp3) is 0.125. The standard InChI is InChI=1S/C8H5BrCl2O/c1-4-2-5(10)3-6(9)7(4)8(11)12/h2-3H,1H3. The van der Waals surface area contributed by atoms with Gasteiger partial charge in [-0.25, -0.2) is 0 Å². The molecule has 1 aromatic rings. The Bertz CT molecular complexity index is 313. The Balaban J connectivity index is 3.38. The topological polar surface area (TPSA) is 17.1 Å². The number of hydrogen-bond donors (Lipinski definition) is 0. The summed E-state index contributed by atoms with van der Waals surface area (Å²) in [5.41, 5.74) is 1.25. The maximum absolute atomic E-state index is 10.9. The van der Waals surface area contributed by atoms with Crippen LogP contribution in [0.4, 0.5) is 0 Å². The Kier molecular flexibility index (Phi) is 3.16. The molecule has 4 heteroatoms. The van der Waals surface area contributed by atoms with Crippen LogP contribution in [0.25, 0.3) is 0 Å². The molecule has 1 nitrogen and oxygen atoms in total. The molecule has 0 heterocycles. The Morgan fingerprint density at radius 2 is 2.08 bits per heavy atom. The Labute approximate surface area is 88.8 Å². The highest BCUT2D eigenvalue weighted by molar-refractivity contribution is 9.10. The molecular formula is C8H5BrCl2O. The molecule has 0 aliphatic heterocycles. The van der Waals surface area contributed by atoms with Crippen molar-refractivity contribution in [3.8, 4) is 0 Å². The average Bonchev–Trinajstić information content (AvgIpc) is 1.82. The summed E-state index contributed by atoms with van der Waals surface area (Å²) in [5, 5.41) is 0.108. The third-order valence-corrected chi connectivity index (χ3v) is 2.48. The van der Waals surface area contributed by atoms with Gasteiger partial charge >= 0.3 is 0 Å². The lowest BCUT2D eigenvalue weighted by molar-refractivity contribution is 0.108. The van der Waals surface area contributed by atoms with Crippen LogP contribution >= 0.6 is 39.1 Å². The van der Waals surface area contributed by atoms with Crippen LogP contribution in [-0.4, -0.2) is 5.24 Å². The molecule has 0 aliphatic carbocycles. The van der Waals surface area contributed by atoms with Crippen LogP contribution in [0.15, 0.2) is 16.6 Å². The van der Waals surface area contributed by atoms with E-state index in [4.69, 9.17) is 23.2 Å². The highest BCUT2D eigenvalue weighted by Gasteiger charge is 2.11.